The minimum absolute atomic E-state index is 0.259. The van der Waals surface area contributed by atoms with Crippen LogP contribution in [-0.4, -0.2) is 22.4 Å². The number of hydrogen-bond acceptors (Lipinski definition) is 4. The Labute approximate surface area is 179 Å². The lowest BCUT2D eigenvalue weighted by Gasteiger charge is -2.15. The van der Waals surface area contributed by atoms with E-state index in [1.165, 1.54) is 0 Å². The van der Waals surface area contributed by atoms with Gasteiger partial charge in [-0.05, 0) is 43.4 Å². The number of nitrogens with one attached hydrogen (secondary N) is 2. The summed E-state index contributed by atoms with van der Waals surface area (Å²) in [6.07, 6.45) is 0.238. The molecule has 164 valence electrons. The minimum atomic E-state index is -4.79. The predicted octanol–water partition coefficient (Wildman–Crippen LogP) is 6.15. The van der Waals surface area contributed by atoms with Crippen molar-refractivity contribution in [2.24, 2.45) is 5.92 Å². The summed E-state index contributed by atoms with van der Waals surface area (Å²) in [7, 11) is 0. The van der Waals surface area contributed by atoms with E-state index in [4.69, 9.17) is 11.6 Å². The van der Waals surface area contributed by atoms with Gasteiger partial charge in [-0.3, -0.25) is 4.79 Å². The van der Waals surface area contributed by atoms with E-state index >= 15 is 0 Å². The summed E-state index contributed by atoms with van der Waals surface area (Å²) in [5.74, 6) is -0.763. The number of carbonyl (C=O) groups excluding carboxylic acids is 1. The normalized spacial score (nSPS) is 14.1. The number of carbonyl (C=O) groups is 1. The van der Waals surface area contributed by atoms with Gasteiger partial charge in [-0.1, -0.05) is 44.4 Å². The molecule has 3 rings (SSSR count). The second-order valence-electron chi connectivity index (χ2n) is 6.90. The average molecular weight is 443 g/mol. The Morgan fingerprint density at radius 1 is 1.23 bits per heavy atom. The Kier molecular flexibility index (Phi) is 8.46. The molecule has 0 saturated heterocycles. The van der Waals surface area contributed by atoms with Crippen molar-refractivity contribution in [3.05, 3.63) is 46.2 Å². The summed E-state index contributed by atoms with van der Waals surface area (Å²) >= 11 is 5.93. The molecule has 1 aliphatic rings. The van der Waals surface area contributed by atoms with E-state index in [0.29, 0.717) is 23.2 Å². The summed E-state index contributed by atoms with van der Waals surface area (Å²) in [6, 6.07) is 4.96. The van der Waals surface area contributed by atoms with Crippen molar-refractivity contribution in [2.45, 2.75) is 52.6 Å². The lowest BCUT2D eigenvalue weighted by atomic mass is 10.1. The molecule has 1 heterocycles. The largest absolute Gasteiger partial charge is 0.434 e. The monoisotopic (exact) mass is 442 g/mol. The molecule has 1 saturated carbocycles. The SMILES string of the molecule is CC.Cc1ccc(Cl)cc1Nc1ncc(C(=O)NCC2CCCC2)c(C(F)(F)F)n1. The lowest BCUT2D eigenvalue weighted by Crippen LogP contribution is -2.31. The molecule has 1 aliphatic carbocycles. The molecule has 0 unspecified atom stereocenters. The van der Waals surface area contributed by atoms with Gasteiger partial charge in [0, 0.05) is 23.5 Å². The molecule has 0 atom stereocenters. The van der Waals surface area contributed by atoms with E-state index in [9.17, 15) is 18.0 Å². The summed E-state index contributed by atoms with van der Waals surface area (Å²) in [4.78, 5) is 19.8. The Balaban J connectivity index is 0.00000155. The van der Waals surface area contributed by atoms with Gasteiger partial charge in [0.1, 0.15) is 0 Å². The highest BCUT2D eigenvalue weighted by Gasteiger charge is 2.38. The molecule has 2 N–H and O–H groups in total. The van der Waals surface area contributed by atoms with Crippen molar-refractivity contribution in [3.8, 4) is 0 Å². The van der Waals surface area contributed by atoms with Crippen LogP contribution in [0.2, 0.25) is 5.02 Å². The van der Waals surface area contributed by atoms with E-state index in [1.807, 2.05) is 13.8 Å². The number of hydrogen-bond donors (Lipinski definition) is 2. The number of halogens is 4. The molecule has 0 spiro atoms. The first-order chi connectivity index (χ1) is 14.2. The third kappa shape index (κ3) is 6.32. The maximum atomic E-state index is 13.5. The number of aromatic nitrogens is 2. The zero-order valence-corrected chi connectivity index (χ0v) is 18.0. The molecule has 1 aromatic carbocycles. The number of nitrogens with zero attached hydrogens (tertiary/aromatic N) is 2. The predicted molar refractivity (Wildman–Crippen MR) is 112 cm³/mol. The van der Waals surface area contributed by atoms with Crippen LogP contribution in [-0.2, 0) is 6.18 Å². The first-order valence-electron chi connectivity index (χ1n) is 9.99. The van der Waals surface area contributed by atoms with Gasteiger partial charge in [0.2, 0.25) is 5.95 Å². The van der Waals surface area contributed by atoms with Crippen LogP contribution >= 0.6 is 11.6 Å². The molecular weight excluding hydrogens is 417 g/mol. The summed E-state index contributed by atoms with van der Waals surface area (Å²) in [5.41, 5.74) is -0.605. The summed E-state index contributed by atoms with van der Waals surface area (Å²) in [5, 5.41) is 5.74. The van der Waals surface area contributed by atoms with Crippen LogP contribution in [0.1, 0.15) is 61.1 Å². The van der Waals surface area contributed by atoms with Crippen LogP contribution in [0.4, 0.5) is 24.8 Å². The second-order valence-corrected chi connectivity index (χ2v) is 7.33. The molecular formula is C21H26ClF3N4O. The number of amides is 1. The van der Waals surface area contributed by atoms with Crippen molar-refractivity contribution in [1.29, 1.82) is 0 Å². The molecule has 1 aromatic heterocycles. The number of benzene rings is 1. The number of alkyl halides is 3. The van der Waals surface area contributed by atoms with Crippen molar-refractivity contribution in [2.75, 3.05) is 11.9 Å². The van der Waals surface area contributed by atoms with E-state index < -0.39 is 23.3 Å². The van der Waals surface area contributed by atoms with Crippen LogP contribution in [0, 0.1) is 12.8 Å². The minimum Gasteiger partial charge on any atom is -0.352 e. The first kappa shape index (κ1) is 23.9. The van der Waals surface area contributed by atoms with Crippen molar-refractivity contribution in [1.82, 2.24) is 15.3 Å². The second kappa shape index (κ2) is 10.6. The van der Waals surface area contributed by atoms with E-state index in [2.05, 4.69) is 20.6 Å². The maximum absolute atomic E-state index is 13.5. The highest BCUT2D eigenvalue weighted by Crippen LogP contribution is 2.32. The first-order valence-corrected chi connectivity index (χ1v) is 10.4. The zero-order valence-electron chi connectivity index (χ0n) is 17.2. The Morgan fingerprint density at radius 3 is 2.53 bits per heavy atom. The van der Waals surface area contributed by atoms with Crippen molar-refractivity contribution in [3.63, 3.8) is 0 Å². The Hall–Kier alpha value is -2.35. The Bertz CT molecular complexity index is 868. The number of rotatable bonds is 5. The lowest BCUT2D eigenvalue weighted by molar-refractivity contribution is -0.141. The van der Waals surface area contributed by atoms with Crippen LogP contribution in [0.3, 0.4) is 0 Å². The van der Waals surface area contributed by atoms with Gasteiger partial charge >= 0.3 is 6.18 Å². The number of aryl methyl sites for hydroxylation is 1. The van der Waals surface area contributed by atoms with Gasteiger partial charge in [-0.25, -0.2) is 9.97 Å². The number of anilines is 2. The van der Waals surface area contributed by atoms with Crippen LogP contribution < -0.4 is 10.6 Å². The fourth-order valence-corrected chi connectivity index (χ4v) is 3.39. The van der Waals surface area contributed by atoms with Gasteiger partial charge in [-0.2, -0.15) is 13.2 Å². The van der Waals surface area contributed by atoms with Gasteiger partial charge in [0.15, 0.2) is 5.69 Å². The van der Waals surface area contributed by atoms with Crippen molar-refractivity contribution >= 4 is 29.1 Å². The summed E-state index contributed by atoms with van der Waals surface area (Å²) in [6.45, 7) is 6.13. The third-order valence-corrected chi connectivity index (χ3v) is 5.01. The van der Waals surface area contributed by atoms with Gasteiger partial charge in [0.25, 0.3) is 5.91 Å². The molecule has 30 heavy (non-hydrogen) atoms. The van der Waals surface area contributed by atoms with E-state index in [-0.39, 0.29) is 5.95 Å². The van der Waals surface area contributed by atoms with Crippen molar-refractivity contribution < 1.29 is 18.0 Å². The maximum Gasteiger partial charge on any atom is 0.434 e. The molecule has 0 aliphatic heterocycles. The van der Waals surface area contributed by atoms with Crippen LogP contribution in [0.25, 0.3) is 0 Å². The fraction of sp³-hybridized carbons (Fsp3) is 0.476. The van der Waals surface area contributed by atoms with Crippen LogP contribution in [0.15, 0.2) is 24.4 Å². The summed E-state index contributed by atoms with van der Waals surface area (Å²) < 4.78 is 40.5. The molecule has 0 radical (unpaired) electrons. The standard InChI is InChI=1S/C19H20ClF3N4O.C2H6/c1-11-6-7-13(20)8-15(11)26-18-25-10-14(16(27-18)19(21,22)23)17(28)24-9-12-4-2-3-5-12;1-2/h6-8,10,12H,2-5,9H2,1H3,(H,24,28)(H,25,26,27);1-2H3. The van der Waals surface area contributed by atoms with Gasteiger partial charge in [0.05, 0.1) is 5.56 Å². The fourth-order valence-electron chi connectivity index (χ4n) is 3.22. The molecule has 9 heteroatoms. The average Bonchev–Trinajstić information content (AvgIpc) is 3.23. The molecule has 1 fully saturated rings. The highest BCUT2D eigenvalue weighted by atomic mass is 35.5. The third-order valence-electron chi connectivity index (χ3n) is 4.77. The topological polar surface area (TPSA) is 66.9 Å². The molecule has 1 amide bonds. The molecule has 0 bridgehead atoms. The quantitative estimate of drug-likeness (QED) is 0.583. The highest BCUT2D eigenvalue weighted by molar-refractivity contribution is 6.30. The Morgan fingerprint density at radius 2 is 1.90 bits per heavy atom. The smallest absolute Gasteiger partial charge is 0.352 e. The van der Waals surface area contributed by atoms with Gasteiger partial charge in [-0.15, -0.1) is 0 Å². The molecule has 5 nitrogen and oxygen atoms in total. The van der Waals surface area contributed by atoms with Gasteiger partial charge < -0.3 is 10.6 Å². The van der Waals surface area contributed by atoms with Crippen LogP contribution in [0.5, 0.6) is 0 Å². The zero-order chi connectivity index (χ0) is 22.3. The van der Waals surface area contributed by atoms with E-state index in [0.717, 1.165) is 37.4 Å². The molecule has 2 aromatic rings. The van der Waals surface area contributed by atoms with E-state index in [1.54, 1.807) is 25.1 Å².